The number of hydrogen-bond donors (Lipinski definition) is 2. The van der Waals surface area contributed by atoms with Crippen LogP contribution in [0.1, 0.15) is 24.0 Å². The summed E-state index contributed by atoms with van der Waals surface area (Å²) >= 11 is 0. The Hall–Kier alpha value is -2.11. The number of hydrogen-bond acceptors (Lipinski definition) is 3. The molecule has 1 aromatic rings. The van der Waals surface area contributed by atoms with E-state index in [1.807, 2.05) is 6.07 Å². The van der Waals surface area contributed by atoms with Crippen LogP contribution in [0.2, 0.25) is 0 Å². The van der Waals surface area contributed by atoms with Gasteiger partial charge >= 0.3 is 12.0 Å². The lowest BCUT2D eigenvalue weighted by molar-refractivity contribution is -0.145. The predicted molar refractivity (Wildman–Crippen MR) is 66.2 cm³/mol. The highest BCUT2D eigenvalue weighted by molar-refractivity contribution is 5.76. The van der Waals surface area contributed by atoms with Gasteiger partial charge in [0.25, 0.3) is 0 Å². The van der Waals surface area contributed by atoms with E-state index in [9.17, 15) is 9.59 Å². The van der Waals surface area contributed by atoms with Crippen molar-refractivity contribution in [3.05, 3.63) is 29.6 Å². The molecule has 6 nitrogen and oxygen atoms in total. The monoisotopic (exact) mass is 261 g/mol. The van der Waals surface area contributed by atoms with Gasteiger partial charge in [0.15, 0.2) is 0 Å². The first-order chi connectivity index (χ1) is 9.13. The molecule has 0 spiro atoms. The summed E-state index contributed by atoms with van der Waals surface area (Å²) in [4.78, 5) is 28.5. The van der Waals surface area contributed by atoms with Gasteiger partial charge in [0.2, 0.25) is 0 Å². The van der Waals surface area contributed by atoms with Gasteiger partial charge in [-0.25, -0.2) is 4.79 Å². The third-order valence-corrected chi connectivity index (χ3v) is 3.83. The van der Waals surface area contributed by atoms with Crippen LogP contribution in [0, 0.1) is 5.92 Å². The molecule has 1 aliphatic heterocycles. The largest absolute Gasteiger partial charge is 0.481 e. The van der Waals surface area contributed by atoms with Gasteiger partial charge in [0.05, 0.1) is 5.92 Å². The minimum absolute atomic E-state index is 0.00422. The SMILES string of the molecule is O=C(N[C@H]1C[C@H](C(=O)O)C1)N1Cc2ccncc2C1. The van der Waals surface area contributed by atoms with Gasteiger partial charge in [-0.2, -0.15) is 0 Å². The van der Waals surface area contributed by atoms with Gasteiger partial charge in [-0.05, 0) is 30.0 Å². The topological polar surface area (TPSA) is 82.5 Å². The maximum absolute atomic E-state index is 12.0. The third-order valence-electron chi connectivity index (χ3n) is 3.83. The molecule has 0 radical (unpaired) electrons. The zero-order valence-electron chi connectivity index (χ0n) is 10.4. The molecule has 6 heteroatoms. The van der Waals surface area contributed by atoms with E-state index in [-0.39, 0.29) is 18.0 Å². The van der Waals surface area contributed by atoms with Gasteiger partial charge in [-0.15, -0.1) is 0 Å². The second-order valence-electron chi connectivity index (χ2n) is 5.15. The number of amides is 2. The number of aromatic nitrogens is 1. The molecular weight excluding hydrogens is 246 g/mol. The number of nitrogens with one attached hydrogen (secondary N) is 1. The Balaban J connectivity index is 1.52. The Morgan fingerprint density at radius 2 is 2.05 bits per heavy atom. The molecule has 1 fully saturated rings. The van der Waals surface area contributed by atoms with Crippen molar-refractivity contribution in [3.63, 3.8) is 0 Å². The van der Waals surface area contributed by atoms with Crippen LogP contribution in [0.4, 0.5) is 4.79 Å². The van der Waals surface area contributed by atoms with Crippen LogP contribution < -0.4 is 5.32 Å². The average molecular weight is 261 g/mol. The van der Waals surface area contributed by atoms with Gasteiger partial charge < -0.3 is 15.3 Å². The summed E-state index contributed by atoms with van der Waals surface area (Å²) in [5.74, 6) is -1.07. The van der Waals surface area contributed by atoms with Crippen LogP contribution in [0.5, 0.6) is 0 Å². The molecular formula is C13H15N3O3. The Morgan fingerprint density at radius 3 is 2.74 bits per heavy atom. The summed E-state index contributed by atoms with van der Waals surface area (Å²) in [6.45, 7) is 1.17. The van der Waals surface area contributed by atoms with E-state index in [1.165, 1.54) is 0 Å². The fourth-order valence-electron chi connectivity index (χ4n) is 2.57. The van der Waals surface area contributed by atoms with E-state index in [1.54, 1.807) is 17.3 Å². The van der Waals surface area contributed by atoms with Crippen LogP contribution >= 0.6 is 0 Å². The van der Waals surface area contributed by atoms with Crippen molar-refractivity contribution >= 4 is 12.0 Å². The highest BCUT2D eigenvalue weighted by Crippen LogP contribution is 2.28. The van der Waals surface area contributed by atoms with Crippen molar-refractivity contribution in [1.29, 1.82) is 0 Å². The highest BCUT2D eigenvalue weighted by Gasteiger charge is 2.36. The fraction of sp³-hybridized carbons (Fsp3) is 0.462. The number of rotatable bonds is 2. The van der Waals surface area contributed by atoms with E-state index in [4.69, 9.17) is 5.11 Å². The maximum atomic E-state index is 12.0. The molecule has 2 heterocycles. The first kappa shape index (κ1) is 12.0. The molecule has 0 atom stereocenters. The third kappa shape index (κ3) is 2.25. The molecule has 2 amide bonds. The summed E-state index contributed by atoms with van der Waals surface area (Å²) < 4.78 is 0. The number of fused-ring (bicyclic) bond motifs is 1. The van der Waals surface area contributed by atoms with Crippen molar-refractivity contribution in [3.8, 4) is 0 Å². The molecule has 2 N–H and O–H groups in total. The molecule has 1 aliphatic carbocycles. The first-order valence-electron chi connectivity index (χ1n) is 6.33. The quantitative estimate of drug-likeness (QED) is 0.831. The minimum Gasteiger partial charge on any atom is -0.481 e. The summed E-state index contributed by atoms with van der Waals surface area (Å²) in [6.07, 6.45) is 4.57. The van der Waals surface area contributed by atoms with Crippen molar-refractivity contribution in [2.24, 2.45) is 5.92 Å². The number of nitrogens with zero attached hydrogens (tertiary/aromatic N) is 2. The Morgan fingerprint density at radius 1 is 1.32 bits per heavy atom. The molecule has 1 saturated carbocycles. The van der Waals surface area contributed by atoms with Gasteiger partial charge in [0.1, 0.15) is 0 Å². The zero-order chi connectivity index (χ0) is 13.4. The lowest BCUT2D eigenvalue weighted by Gasteiger charge is -2.34. The molecule has 1 aromatic heterocycles. The first-order valence-corrected chi connectivity index (χ1v) is 6.33. The van der Waals surface area contributed by atoms with Crippen molar-refractivity contribution in [1.82, 2.24) is 15.2 Å². The molecule has 3 rings (SSSR count). The minimum atomic E-state index is -0.773. The Labute approximate surface area is 110 Å². The average Bonchev–Trinajstić information content (AvgIpc) is 2.76. The summed E-state index contributed by atoms with van der Waals surface area (Å²) in [5, 5.41) is 11.7. The van der Waals surface area contributed by atoms with E-state index in [0.29, 0.717) is 25.9 Å². The van der Waals surface area contributed by atoms with Crippen molar-refractivity contribution in [2.75, 3.05) is 0 Å². The number of carbonyl (C=O) groups excluding carboxylic acids is 1. The van der Waals surface area contributed by atoms with Crippen molar-refractivity contribution < 1.29 is 14.7 Å². The van der Waals surface area contributed by atoms with Gasteiger partial charge in [-0.3, -0.25) is 9.78 Å². The van der Waals surface area contributed by atoms with Crippen molar-refractivity contribution in [2.45, 2.75) is 32.0 Å². The summed E-state index contributed by atoms with van der Waals surface area (Å²) in [7, 11) is 0. The lowest BCUT2D eigenvalue weighted by Crippen LogP contribution is -2.50. The molecule has 0 aromatic carbocycles. The van der Waals surface area contributed by atoms with E-state index < -0.39 is 5.97 Å². The zero-order valence-corrected chi connectivity index (χ0v) is 10.4. The summed E-state index contributed by atoms with van der Waals surface area (Å²) in [5.41, 5.74) is 2.21. The van der Waals surface area contributed by atoms with E-state index in [2.05, 4.69) is 10.3 Å². The standard InChI is InChI=1S/C13H15N3O3/c17-12(18)9-3-11(4-9)15-13(19)16-6-8-1-2-14-5-10(8)7-16/h1-2,5,9,11H,3-4,6-7H2,(H,15,19)(H,17,18)/t9-,11-. The van der Waals surface area contributed by atoms with Crippen LogP contribution in [-0.4, -0.2) is 33.0 Å². The molecule has 0 bridgehead atoms. The number of pyridine rings is 1. The molecule has 0 saturated heterocycles. The lowest BCUT2D eigenvalue weighted by atomic mass is 9.80. The Kier molecular flexibility index (Phi) is 2.85. The molecule has 0 unspecified atom stereocenters. The van der Waals surface area contributed by atoms with Crippen LogP contribution in [0.15, 0.2) is 18.5 Å². The maximum Gasteiger partial charge on any atom is 0.318 e. The molecule has 100 valence electrons. The second kappa shape index (κ2) is 4.53. The van der Waals surface area contributed by atoms with E-state index in [0.717, 1.165) is 11.1 Å². The normalized spacial score (nSPS) is 24.5. The van der Waals surface area contributed by atoms with Crippen LogP contribution in [0.3, 0.4) is 0 Å². The number of carboxylic acids is 1. The highest BCUT2D eigenvalue weighted by atomic mass is 16.4. The van der Waals surface area contributed by atoms with Gasteiger partial charge in [-0.1, -0.05) is 0 Å². The Bertz CT molecular complexity index is 501. The number of carboxylic acid groups (broad SMARTS) is 1. The van der Waals surface area contributed by atoms with E-state index >= 15 is 0 Å². The number of carbonyl (C=O) groups is 2. The molecule has 2 aliphatic rings. The summed E-state index contributed by atoms with van der Waals surface area (Å²) in [6, 6.07) is 1.80. The predicted octanol–water partition coefficient (Wildman–Crippen LogP) is 0.970. The smallest absolute Gasteiger partial charge is 0.318 e. The second-order valence-corrected chi connectivity index (χ2v) is 5.15. The van der Waals surface area contributed by atoms with Crippen LogP contribution in [-0.2, 0) is 17.9 Å². The molecule has 19 heavy (non-hydrogen) atoms. The fourth-order valence-corrected chi connectivity index (χ4v) is 2.57. The van der Waals surface area contributed by atoms with Gasteiger partial charge in [0, 0.05) is 31.5 Å². The number of urea groups is 1. The van der Waals surface area contributed by atoms with Crippen LogP contribution in [0.25, 0.3) is 0 Å². The number of aliphatic carboxylic acids is 1.